The minimum atomic E-state index is 1.18. The average molecular weight is 591 g/mol. The molecule has 10 aromatic rings. The molecule has 0 atom stereocenters. The zero-order chi connectivity index (χ0) is 29.5. The zero-order valence-corrected chi connectivity index (χ0v) is 25.1. The maximum Gasteiger partial charge on any atom is 0.0547 e. The molecule has 0 N–H and O–H groups in total. The SMILES string of the molecule is c1ccc(-n2c3ccccc3c3cc(-c4ccc5c6ccccc6n(-c6ccc7c(c6)sc6ccccc67)c5c4)ccc32)cc1. The maximum atomic E-state index is 2.44. The van der Waals surface area contributed by atoms with Gasteiger partial charge < -0.3 is 9.13 Å². The van der Waals surface area contributed by atoms with Crippen LogP contribution in [0.4, 0.5) is 0 Å². The van der Waals surface area contributed by atoms with Gasteiger partial charge in [0, 0.05) is 53.1 Å². The standard InChI is InChI=1S/C42H26N2S/c1-2-10-29(11-3-1)43-38-16-8-5-13-32(38)36-24-27(19-23-39(36)43)28-18-21-33-31-12-4-7-15-37(31)44(40(33)25-28)30-20-22-35-34-14-6-9-17-41(34)45-42(35)26-30/h1-26H. The summed E-state index contributed by atoms with van der Waals surface area (Å²) in [5.74, 6) is 0. The highest BCUT2D eigenvalue weighted by Gasteiger charge is 2.16. The Hall–Kier alpha value is -5.64. The molecule has 0 amide bonds. The van der Waals surface area contributed by atoms with E-state index in [1.165, 1.54) is 86.3 Å². The van der Waals surface area contributed by atoms with E-state index in [0.717, 1.165) is 0 Å². The summed E-state index contributed by atoms with van der Waals surface area (Å²) in [6.45, 7) is 0. The topological polar surface area (TPSA) is 9.86 Å². The van der Waals surface area contributed by atoms with E-state index in [9.17, 15) is 0 Å². The summed E-state index contributed by atoms with van der Waals surface area (Å²) in [5, 5.41) is 7.73. The minimum absolute atomic E-state index is 1.18. The van der Waals surface area contributed by atoms with Gasteiger partial charge in [0.1, 0.15) is 0 Å². The molecule has 210 valence electrons. The van der Waals surface area contributed by atoms with Crippen molar-refractivity contribution in [2.45, 2.75) is 0 Å². The third kappa shape index (κ3) is 3.62. The fraction of sp³-hybridized carbons (Fsp3) is 0. The van der Waals surface area contributed by atoms with Crippen molar-refractivity contribution < 1.29 is 0 Å². The smallest absolute Gasteiger partial charge is 0.0547 e. The summed E-state index contributed by atoms with van der Waals surface area (Å²) in [4.78, 5) is 0. The summed E-state index contributed by atoms with van der Waals surface area (Å²) >= 11 is 1.87. The number of aromatic nitrogens is 2. The van der Waals surface area contributed by atoms with Gasteiger partial charge in [0.25, 0.3) is 0 Å². The van der Waals surface area contributed by atoms with E-state index < -0.39 is 0 Å². The van der Waals surface area contributed by atoms with Crippen LogP contribution in [-0.4, -0.2) is 9.13 Å². The molecule has 0 saturated heterocycles. The van der Waals surface area contributed by atoms with Crippen molar-refractivity contribution in [3.05, 3.63) is 158 Å². The van der Waals surface area contributed by atoms with E-state index in [-0.39, 0.29) is 0 Å². The van der Waals surface area contributed by atoms with Crippen molar-refractivity contribution in [1.82, 2.24) is 9.13 Å². The predicted octanol–water partition coefficient (Wildman–Crippen LogP) is 11.9. The molecule has 0 fully saturated rings. The highest BCUT2D eigenvalue weighted by atomic mass is 32.1. The van der Waals surface area contributed by atoms with Crippen molar-refractivity contribution in [3.8, 4) is 22.5 Å². The lowest BCUT2D eigenvalue weighted by molar-refractivity contribution is 1.18. The van der Waals surface area contributed by atoms with Crippen molar-refractivity contribution >= 4 is 75.1 Å². The number of hydrogen-bond donors (Lipinski definition) is 0. The number of benzene rings is 7. The van der Waals surface area contributed by atoms with E-state index in [1.807, 2.05) is 11.3 Å². The van der Waals surface area contributed by atoms with Crippen LogP contribution in [0, 0.1) is 0 Å². The Kier molecular flexibility index (Phi) is 5.19. The molecule has 3 aromatic heterocycles. The minimum Gasteiger partial charge on any atom is -0.309 e. The molecule has 0 unspecified atom stereocenters. The molecule has 0 aliphatic rings. The first-order chi connectivity index (χ1) is 22.3. The number of rotatable bonds is 3. The molecule has 0 saturated carbocycles. The van der Waals surface area contributed by atoms with Crippen LogP contribution in [-0.2, 0) is 0 Å². The average Bonchev–Trinajstić information content (AvgIpc) is 3.75. The highest BCUT2D eigenvalue weighted by molar-refractivity contribution is 7.25. The van der Waals surface area contributed by atoms with Gasteiger partial charge in [-0.3, -0.25) is 0 Å². The van der Waals surface area contributed by atoms with E-state index in [2.05, 4.69) is 167 Å². The van der Waals surface area contributed by atoms with Crippen LogP contribution < -0.4 is 0 Å². The Morgan fingerprint density at radius 2 is 0.867 bits per heavy atom. The molecule has 0 bridgehead atoms. The van der Waals surface area contributed by atoms with Gasteiger partial charge in [0.2, 0.25) is 0 Å². The van der Waals surface area contributed by atoms with E-state index >= 15 is 0 Å². The largest absolute Gasteiger partial charge is 0.309 e. The van der Waals surface area contributed by atoms with Crippen molar-refractivity contribution in [1.29, 1.82) is 0 Å². The molecule has 2 nitrogen and oxygen atoms in total. The Labute approximate surface area is 263 Å². The van der Waals surface area contributed by atoms with Crippen LogP contribution >= 0.6 is 11.3 Å². The molecule has 0 radical (unpaired) electrons. The number of para-hydroxylation sites is 3. The lowest BCUT2D eigenvalue weighted by Crippen LogP contribution is -1.94. The molecule has 10 rings (SSSR count). The van der Waals surface area contributed by atoms with Crippen LogP contribution in [0.3, 0.4) is 0 Å². The zero-order valence-electron chi connectivity index (χ0n) is 24.3. The Bertz CT molecular complexity index is 2760. The second-order valence-corrected chi connectivity index (χ2v) is 12.9. The molecular weight excluding hydrogens is 565 g/mol. The van der Waals surface area contributed by atoms with Crippen LogP contribution in [0.2, 0.25) is 0 Å². The molecular formula is C42H26N2S. The Morgan fingerprint density at radius 3 is 1.69 bits per heavy atom. The second kappa shape index (κ2) is 9.43. The first kappa shape index (κ1) is 24.8. The van der Waals surface area contributed by atoms with Gasteiger partial charge in [0.05, 0.1) is 22.1 Å². The Balaban J connectivity index is 1.20. The fourth-order valence-electron chi connectivity index (χ4n) is 7.29. The molecule has 0 aliphatic carbocycles. The third-order valence-corrected chi connectivity index (χ3v) is 10.4. The monoisotopic (exact) mass is 590 g/mol. The summed E-state index contributed by atoms with van der Waals surface area (Å²) < 4.78 is 7.46. The lowest BCUT2D eigenvalue weighted by Gasteiger charge is -2.10. The molecule has 7 aromatic carbocycles. The molecule has 0 spiro atoms. The summed E-state index contributed by atoms with van der Waals surface area (Å²) in [7, 11) is 0. The van der Waals surface area contributed by atoms with Gasteiger partial charge in [-0.05, 0) is 71.8 Å². The molecule has 3 heterocycles. The molecule has 45 heavy (non-hydrogen) atoms. The first-order valence-corrected chi connectivity index (χ1v) is 16.2. The Morgan fingerprint density at radius 1 is 0.311 bits per heavy atom. The normalized spacial score (nSPS) is 12.0. The van der Waals surface area contributed by atoms with Crippen LogP contribution in [0.1, 0.15) is 0 Å². The highest BCUT2D eigenvalue weighted by Crippen LogP contribution is 2.40. The van der Waals surface area contributed by atoms with Gasteiger partial charge >= 0.3 is 0 Å². The first-order valence-electron chi connectivity index (χ1n) is 15.4. The second-order valence-electron chi connectivity index (χ2n) is 11.8. The van der Waals surface area contributed by atoms with E-state index in [0.29, 0.717) is 0 Å². The lowest BCUT2D eigenvalue weighted by atomic mass is 10.0. The summed E-state index contributed by atoms with van der Waals surface area (Å²) in [6.07, 6.45) is 0. The van der Waals surface area contributed by atoms with Gasteiger partial charge in [-0.25, -0.2) is 0 Å². The predicted molar refractivity (Wildman–Crippen MR) is 193 cm³/mol. The van der Waals surface area contributed by atoms with Crippen molar-refractivity contribution in [2.24, 2.45) is 0 Å². The van der Waals surface area contributed by atoms with E-state index in [4.69, 9.17) is 0 Å². The van der Waals surface area contributed by atoms with Crippen molar-refractivity contribution in [3.63, 3.8) is 0 Å². The quantitative estimate of drug-likeness (QED) is 0.194. The van der Waals surface area contributed by atoms with E-state index in [1.54, 1.807) is 0 Å². The number of nitrogens with zero attached hydrogens (tertiary/aromatic N) is 2. The van der Waals surface area contributed by atoms with Gasteiger partial charge in [-0.15, -0.1) is 11.3 Å². The van der Waals surface area contributed by atoms with Crippen molar-refractivity contribution in [2.75, 3.05) is 0 Å². The third-order valence-electron chi connectivity index (χ3n) is 9.31. The fourth-order valence-corrected chi connectivity index (χ4v) is 8.43. The van der Waals surface area contributed by atoms with Crippen LogP contribution in [0.25, 0.3) is 86.3 Å². The van der Waals surface area contributed by atoms with Crippen LogP contribution in [0.15, 0.2) is 158 Å². The summed E-state index contributed by atoms with van der Waals surface area (Å²) in [6, 6.07) is 57.7. The molecule has 0 aliphatic heterocycles. The number of hydrogen-bond acceptors (Lipinski definition) is 1. The van der Waals surface area contributed by atoms with Gasteiger partial charge in [-0.2, -0.15) is 0 Å². The number of fused-ring (bicyclic) bond motifs is 9. The van der Waals surface area contributed by atoms with Gasteiger partial charge in [0.15, 0.2) is 0 Å². The molecule has 3 heteroatoms. The van der Waals surface area contributed by atoms with Crippen LogP contribution in [0.5, 0.6) is 0 Å². The summed E-state index contributed by atoms with van der Waals surface area (Å²) in [5.41, 5.74) is 9.70. The maximum absolute atomic E-state index is 2.44. The number of thiophene rings is 1. The van der Waals surface area contributed by atoms with Gasteiger partial charge in [-0.1, -0.05) is 97.1 Å².